The standard InChI is InChI=1S/C28H31ClF3N5O3/c1-14(2)25-20-8-16(9-22(30)24(20)36-37(25)3)19-10-23(33-12-21(19)29)35-26(38)15-5-4-6-18(7-15)34-27(39)40-13-17-11-28(17,31)32/h8-10,12,14-15,17-18H,4-7,11,13H2,1-3H3,(H,34,39)(H,33,35,38)/t15-,17?,18+/m0/s1. The van der Waals surface area contributed by atoms with Crippen LogP contribution in [-0.4, -0.2) is 45.3 Å². The Bertz CT molecular complexity index is 1460. The average Bonchev–Trinajstić information content (AvgIpc) is 3.35. The molecule has 2 saturated carbocycles. The lowest BCUT2D eigenvalue weighted by molar-refractivity contribution is -0.121. The number of hydrogen-bond acceptors (Lipinski definition) is 5. The van der Waals surface area contributed by atoms with Gasteiger partial charge in [-0.1, -0.05) is 31.9 Å². The van der Waals surface area contributed by atoms with Gasteiger partial charge in [-0.15, -0.1) is 0 Å². The summed E-state index contributed by atoms with van der Waals surface area (Å²) < 4.78 is 47.7. The molecule has 0 bridgehead atoms. The third-order valence-electron chi connectivity index (χ3n) is 7.64. The van der Waals surface area contributed by atoms with Crippen LogP contribution in [-0.2, 0) is 16.6 Å². The van der Waals surface area contributed by atoms with Crippen molar-refractivity contribution in [2.75, 3.05) is 11.9 Å². The Morgan fingerprint density at radius 2 is 2.00 bits per heavy atom. The highest BCUT2D eigenvalue weighted by molar-refractivity contribution is 6.33. The molecule has 2 amide bonds. The van der Waals surface area contributed by atoms with E-state index < -0.39 is 29.7 Å². The molecule has 12 heteroatoms. The molecule has 5 rings (SSSR count). The van der Waals surface area contributed by atoms with Gasteiger partial charge in [0, 0.05) is 48.3 Å². The lowest BCUT2D eigenvalue weighted by atomic mass is 9.85. The molecule has 214 valence electrons. The van der Waals surface area contributed by atoms with E-state index in [9.17, 15) is 18.4 Å². The van der Waals surface area contributed by atoms with Gasteiger partial charge in [-0.3, -0.25) is 9.48 Å². The number of fused-ring (bicyclic) bond motifs is 1. The topological polar surface area (TPSA) is 98.1 Å². The Hall–Kier alpha value is -3.34. The third kappa shape index (κ3) is 5.89. The second-order valence-electron chi connectivity index (χ2n) is 11.0. The van der Waals surface area contributed by atoms with Crippen LogP contribution in [0.1, 0.15) is 57.6 Å². The van der Waals surface area contributed by atoms with Crippen LogP contribution in [0.5, 0.6) is 0 Å². The highest BCUT2D eigenvalue weighted by Crippen LogP contribution is 2.48. The number of hydrogen-bond donors (Lipinski definition) is 2. The first-order valence-corrected chi connectivity index (χ1v) is 13.7. The first-order valence-electron chi connectivity index (χ1n) is 13.4. The molecule has 2 aromatic heterocycles. The van der Waals surface area contributed by atoms with E-state index >= 15 is 4.39 Å². The molecule has 1 aromatic carbocycles. The second kappa shape index (κ2) is 10.9. The number of aromatic nitrogens is 3. The molecule has 40 heavy (non-hydrogen) atoms. The number of nitrogens with one attached hydrogen (secondary N) is 2. The van der Waals surface area contributed by atoms with Gasteiger partial charge in [-0.2, -0.15) is 5.10 Å². The van der Waals surface area contributed by atoms with Crippen molar-refractivity contribution in [2.45, 2.75) is 63.8 Å². The minimum Gasteiger partial charge on any atom is -0.449 e. The normalized spacial score (nSPS) is 21.9. The Labute approximate surface area is 234 Å². The summed E-state index contributed by atoms with van der Waals surface area (Å²) in [7, 11) is 1.78. The number of halogens is 4. The maximum Gasteiger partial charge on any atom is 0.407 e. The van der Waals surface area contributed by atoms with Crippen molar-refractivity contribution < 1.29 is 27.5 Å². The molecule has 2 fully saturated rings. The zero-order valence-electron chi connectivity index (χ0n) is 22.4. The molecule has 2 aliphatic rings. The first kappa shape index (κ1) is 28.2. The molecular formula is C28H31ClF3N5O3. The minimum absolute atomic E-state index is 0.117. The summed E-state index contributed by atoms with van der Waals surface area (Å²) in [5, 5.41) is 10.8. The van der Waals surface area contributed by atoms with E-state index in [0.29, 0.717) is 47.2 Å². The number of carbonyl (C=O) groups is 2. The highest BCUT2D eigenvalue weighted by Gasteiger charge is 2.57. The van der Waals surface area contributed by atoms with Crippen molar-refractivity contribution in [3.8, 4) is 11.1 Å². The Morgan fingerprint density at radius 1 is 1.25 bits per heavy atom. The van der Waals surface area contributed by atoms with Gasteiger partial charge in [-0.25, -0.2) is 22.9 Å². The molecule has 0 radical (unpaired) electrons. The van der Waals surface area contributed by atoms with Crippen LogP contribution in [0, 0.1) is 17.7 Å². The maximum absolute atomic E-state index is 15.0. The fourth-order valence-electron chi connectivity index (χ4n) is 5.46. The lowest BCUT2D eigenvalue weighted by Gasteiger charge is -2.28. The van der Waals surface area contributed by atoms with Gasteiger partial charge in [0.15, 0.2) is 5.82 Å². The lowest BCUT2D eigenvalue weighted by Crippen LogP contribution is -2.41. The van der Waals surface area contributed by atoms with Crippen molar-refractivity contribution in [1.82, 2.24) is 20.1 Å². The summed E-state index contributed by atoms with van der Waals surface area (Å²) >= 11 is 6.45. The van der Waals surface area contributed by atoms with Crippen LogP contribution in [0.25, 0.3) is 22.0 Å². The number of alkyl carbamates (subject to hydrolysis) is 1. The minimum atomic E-state index is -2.75. The molecule has 0 aliphatic heterocycles. The number of benzene rings is 1. The van der Waals surface area contributed by atoms with Gasteiger partial charge < -0.3 is 15.4 Å². The number of carbonyl (C=O) groups excluding carboxylic acids is 2. The molecule has 2 N–H and O–H groups in total. The Balaban J connectivity index is 1.26. The third-order valence-corrected chi connectivity index (χ3v) is 7.94. The summed E-state index contributed by atoms with van der Waals surface area (Å²) in [4.78, 5) is 29.4. The monoisotopic (exact) mass is 577 g/mol. The molecule has 3 aromatic rings. The number of pyridine rings is 1. The highest BCUT2D eigenvalue weighted by atomic mass is 35.5. The fourth-order valence-corrected chi connectivity index (χ4v) is 5.68. The van der Waals surface area contributed by atoms with Gasteiger partial charge >= 0.3 is 6.09 Å². The molecule has 1 unspecified atom stereocenters. The maximum atomic E-state index is 15.0. The smallest absolute Gasteiger partial charge is 0.407 e. The second-order valence-corrected chi connectivity index (χ2v) is 11.4. The van der Waals surface area contributed by atoms with Crippen molar-refractivity contribution in [2.24, 2.45) is 18.9 Å². The number of anilines is 1. The van der Waals surface area contributed by atoms with Gasteiger partial charge in [0.1, 0.15) is 17.9 Å². The van der Waals surface area contributed by atoms with Crippen molar-refractivity contribution >= 4 is 40.3 Å². The quantitative estimate of drug-likeness (QED) is 0.337. The van der Waals surface area contributed by atoms with Crippen LogP contribution >= 0.6 is 11.6 Å². The number of nitrogens with zero attached hydrogens (tertiary/aromatic N) is 3. The fraction of sp³-hybridized carbons (Fsp3) is 0.500. The average molecular weight is 578 g/mol. The first-order chi connectivity index (χ1) is 18.9. The van der Waals surface area contributed by atoms with E-state index in [1.54, 1.807) is 17.8 Å². The SMILES string of the molecule is CC(C)c1c2cc(-c3cc(NC(=O)[C@H]4CCC[C@@H](NC(=O)OCC5CC5(F)F)C4)ncc3Cl)cc(F)c2nn1C. The molecule has 0 spiro atoms. The van der Waals surface area contributed by atoms with E-state index in [0.717, 1.165) is 5.69 Å². The number of aryl methyl sites for hydroxylation is 1. The van der Waals surface area contributed by atoms with Gasteiger partial charge in [0.05, 0.1) is 10.9 Å². The number of rotatable bonds is 7. The predicted octanol–water partition coefficient (Wildman–Crippen LogP) is 6.43. The largest absolute Gasteiger partial charge is 0.449 e. The molecule has 0 saturated heterocycles. The molecule has 2 heterocycles. The zero-order chi connectivity index (χ0) is 28.8. The van der Waals surface area contributed by atoms with Gasteiger partial charge in [0.25, 0.3) is 5.92 Å². The summed E-state index contributed by atoms with van der Waals surface area (Å²) in [6, 6.07) is 4.51. The summed E-state index contributed by atoms with van der Waals surface area (Å²) in [6.07, 6.45) is 2.74. The number of ether oxygens (including phenoxy) is 1. The van der Waals surface area contributed by atoms with Gasteiger partial charge in [-0.05, 0) is 48.9 Å². The van der Waals surface area contributed by atoms with Gasteiger partial charge in [0.2, 0.25) is 5.91 Å². The predicted molar refractivity (Wildman–Crippen MR) is 145 cm³/mol. The summed E-state index contributed by atoms with van der Waals surface area (Å²) in [5.41, 5.74) is 2.22. The van der Waals surface area contributed by atoms with Crippen molar-refractivity contribution in [1.29, 1.82) is 0 Å². The van der Waals surface area contributed by atoms with E-state index in [2.05, 4.69) is 20.7 Å². The number of alkyl halides is 2. The van der Waals surface area contributed by atoms with Crippen LogP contribution in [0.15, 0.2) is 24.4 Å². The molecule has 2 aliphatic carbocycles. The van der Waals surface area contributed by atoms with E-state index in [1.165, 1.54) is 12.3 Å². The van der Waals surface area contributed by atoms with E-state index in [4.69, 9.17) is 16.3 Å². The summed E-state index contributed by atoms with van der Waals surface area (Å²) in [6.45, 7) is 3.70. The zero-order valence-corrected chi connectivity index (χ0v) is 23.2. The van der Waals surface area contributed by atoms with Crippen LogP contribution in [0.3, 0.4) is 0 Å². The summed E-state index contributed by atoms with van der Waals surface area (Å²) in [5.74, 6) is -4.43. The molecule has 8 nitrogen and oxygen atoms in total. The van der Waals surface area contributed by atoms with Crippen LogP contribution in [0.4, 0.5) is 23.8 Å². The van der Waals surface area contributed by atoms with Crippen molar-refractivity contribution in [3.63, 3.8) is 0 Å². The Kier molecular flexibility index (Phi) is 7.69. The number of amides is 2. The van der Waals surface area contributed by atoms with Crippen LogP contribution < -0.4 is 10.6 Å². The van der Waals surface area contributed by atoms with Crippen LogP contribution in [0.2, 0.25) is 5.02 Å². The van der Waals surface area contributed by atoms with Crippen molar-refractivity contribution in [3.05, 3.63) is 40.9 Å². The van der Waals surface area contributed by atoms with E-state index in [1.807, 2.05) is 19.9 Å². The molecule has 3 atom stereocenters. The van der Waals surface area contributed by atoms with E-state index in [-0.39, 0.29) is 42.2 Å². The Morgan fingerprint density at radius 3 is 2.70 bits per heavy atom. The molecular weight excluding hydrogens is 547 g/mol.